The van der Waals surface area contributed by atoms with E-state index >= 15 is 0 Å². The number of fused-ring (bicyclic) bond motifs is 2. The Morgan fingerprint density at radius 2 is 1.70 bits per heavy atom. The van der Waals surface area contributed by atoms with E-state index in [4.69, 9.17) is 9.47 Å². The fourth-order valence-corrected chi connectivity index (χ4v) is 4.07. The van der Waals surface area contributed by atoms with E-state index in [2.05, 4.69) is 17.4 Å². The highest BCUT2D eigenvalue weighted by Gasteiger charge is 2.30. The minimum Gasteiger partial charge on any atom is -0.486 e. The molecule has 0 amide bonds. The Hall–Kier alpha value is -1.22. The number of rotatable bonds is 1. The van der Waals surface area contributed by atoms with E-state index in [0.717, 1.165) is 30.5 Å². The zero-order valence-corrected chi connectivity index (χ0v) is 12.0. The molecule has 1 aromatic rings. The lowest BCUT2D eigenvalue weighted by Crippen LogP contribution is -2.33. The molecular weight excluding hydrogens is 250 g/mol. The third-order valence-electron chi connectivity index (χ3n) is 5.10. The van der Waals surface area contributed by atoms with Gasteiger partial charge in [-0.05, 0) is 47.9 Å². The number of nitrogens with one attached hydrogen (secondary N) is 1. The number of ether oxygens (including phenoxy) is 2. The lowest BCUT2D eigenvalue weighted by Gasteiger charge is -2.36. The minimum atomic E-state index is 0.662. The first kappa shape index (κ1) is 12.5. The summed E-state index contributed by atoms with van der Waals surface area (Å²) in [5, 5.41) is 3.60. The standard InChI is InChI=1S/C17H23NO2/c1-2-4-12(5-3-1)15-11-18-10-13-8-16-17(9-14(13)15)20-7-6-19-16/h8-9,12,15,18H,1-7,10-11H2. The van der Waals surface area contributed by atoms with E-state index in [0.29, 0.717) is 19.1 Å². The summed E-state index contributed by atoms with van der Waals surface area (Å²) in [4.78, 5) is 0. The fourth-order valence-electron chi connectivity index (χ4n) is 4.07. The van der Waals surface area contributed by atoms with Gasteiger partial charge in [-0.3, -0.25) is 0 Å². The molecule has 108 valence electrons. The van der Waals surface area contributed by atoms with Gasteiger partial charge in [0.05, 0.1) is 0 Å². The maximum absolute atomic E-state index is 5.78. The van der Waals surface area contributed by atoms with E-state index in [9.17, 15) is 0 Å². The quantitative estimate of drug-likeness (QED) is 0.852. The molecule has 1 fully saturated rings. The molecule has 2 heterocycles. The van der Waals surface area contributed by atoms with Crippen LogP contribution in [0.4, 0.5) is 0 Å². The highest BCUT2D eigenvalue weighted by molar-refractivity contribution is 5.50. The van der Waals surface area contributed by atoms with Gasteiger partial charge >= 0.3 is 0 Å². The van der Waals surface area contributed by atoms with Crippen LogP contribution in [0.15, 0.2) is 12.1 Å². The number of benzene rings is 1. The third kappa shape index (κ3) is 2.18. The Kier molecular flexibility index (Phi) is 3.31. The average Bonchev–Trinajstić information content (AvgIpc) is 2.53. The van der Waals surface area contributed by atoms with Crippen molar-refractivity contribution in [2.24, 2.45) is 5.92 Å². The molecule has 1 atom stereocenters. The molecule has 1 aromatic carbocycles. The van der Waals surface area contributed by atoms with E-state index in [1.807, 2.05) is 0 Å². The second-order valence-electron chi connectivity index (χ2n) is 6.33. The summed E-state index contributed by atoms with van der Waals surface area (Å²) in [5.74, 6) is 3.39. The Bertz CT molecular complexity index is 494. The van der Waals surface area contributed by atoms with Gasteiger partial charge in [0.2, 0.25) is 0 Å². The van der Waals surface area contributed by atoms with E-state index in [-0.39, 0.29) is 0 Å². The van der Waals surface area contributed by atoms with Gasteiger partial charge in [0, 0.05) is 13.1 Å². The largest absolute Gasteiger partial charge is 0.486 e. The van der Waals surface area contributed by atoms with Crippen LogP contribution in [0.5, 0.6) is 11.5 Å². The molecule has 0 spiro atoms. The van der Waals surface area contributed by atoms with Crippen LogP contribution in [0.1, 0.15) is 49.1 Å². The Morgan fingerprint density at radius 3 is 2.50 bits per heavy atom. The summed E-state index contributed by atoms with van der Waals surface area (Å²) in [5.41, 5.74) is 2.93. The van der Waals surface area contributed by atoms with Crippen LogP contribution < -0.4 is 14.8 Å². The molecule has 0 radical (unpaired) electrons. The summed E-state index contributed by atoms with van der Waals surface area (Å²) in [7, 11) is 0. The van der Waals surface area contributed by atoms with Crippen LogP contribution in [0.25, 0.3) is 0 Å². The SMILES string of the molecule is c1c2c(cc3c1OCCO3)C(C1CCCCC1)CNC2. The molecule has 3 heteroatoms. The Balaban J connectivity index is 1.68. The van der Waals surface area contributed by atoms with Crippen molar-refractivity contribution in [2.45, 2.75) is 44.6 Å². The molecule has 1 saturated carbocycles. The highest BCUT2D eigenvalue weighted by Crippen LogP contribution is 2.43. The van der Waals surface area contributed by atoms with Crippen molar-refractivity contribution in [1.82, 2.24) is 5.32 Å². The first-order valence-corrected chi connectivity index (χ1v) is 8.05. The van der Waals surface area contributed by atoms with Gasteiger partial charge in [0.25, 0.3) is 0 Å². The van der Waals surface area contributed by atoms with Gasteiger partial charge in [0.1, 0.15) is 13.2 Å². The summed E-state index contributed by atoms with van der Waals surface area (Å²) in [6.45, 7) is 3.44. The zero-order chi connectivity index (χ0) is 13.4. The highest BCUT2D eigenvalue weighted by atomic mass is 16.6. The van der Waals surface area contributed by atoms with E-state index in [1.54, 1.807) is 0 Å². The summed E-state index contributed by atoms with van der Waals surface area (Å²) in [6.07, 6.45) is 7.01. The van der Waals surface area contributed by atoms with Crippen molar-refractivity contribution < 1.29 is 9.47 Å². The van der Waals surface area contributed by atoms with Crippen molar-refractivity contribution in [3.63, 3.8) is 0 Å². The average molecular weight is 273 g/mol. The maximum Gasteiger partial charge on any atom is 0.161 e. The summed E-state index contributed by atoms with van der Waals surface area (Å²) in [6, 6.07) is 4.47. The van der Waals surface area contributed by atoms with Crippen LogP contribution in [-0.2, 0) is 6.54 Å². The molecule has 2 aliphatic heterocycles. The number of hydrogen-bond donors (Lipinski definition) is 1. The smallest absolute Gasteiger partial charge is 0.161 e. The molecule has 1 aliphatic carbocycles. The van der Waals surface area contributed by atoms with E-state index < -0.39 is 0 Å². The molecule has 1 unspecified atom stereocenters. The van der Waals surface area contributed by atoms with Gasteiger partial charge in [0.15, 0.2) is 11.5 Å². The molecule has 3 nitrogen and oxygen atoms in total. The molecule has 1 N–H and O–H groups in total. The summed E-state index contributed by atoms with van der Waals surface area (Å²) < 4.78 is 11.5. The first-order valence-electron chi connectivity index (χ1n) is 8.05. The van der Waals surface area contributed by atoms with Crippen molar-refractivity contribution in [2.75, 3.05) is 19.8 Å². The van der Waals surface area contributed by atoms with Gasteiger partial charge < -0.3 is 14.8 Å². The Morgan fingerprint density at radius 1 is 0.950 bits per heavy atom. The second-order valence-corrected chi connectivity index (χ2v) is 6.33. The van der Waals surface area contributed by atoms with E-state index in [1.165, 1.54) is 43.2 Å². The second kappa shape index (κ2) is 5.28. The van der Waals surface area contributed by atoms with Crippen molar-refractivity contribution in [3.05, 3.63) is 23.3 Å². The topological polar surface area (TPSA) is 30.5 Å². The first-order chi connectivity index (χ1) is 9.92. The molecular formula is C17H23NO2. The van der Waals surface area contributed by atoms with Crippen LogP contribution in [-0.4, -0.2) is 19.8 Å². The normalized spacial score (nSPS) is 26.1. The van der Waals surface area contributed by atoms with Crippen molar-refractivity contribution >= 4 is 0 Å². The predicted molar refractivity (Wildman–Crippen MR) is 78.5 cm³/mol. The number of hydrogen-bond acceptors (Lipinski definition) is 3. The van der Waals surface area contributed by atoms with Gasteiger partial charge in [-0.25, -0.2) is 0 Å². The molecule has 0 saturated heterocycles. The van der Waals surface area contributed by atoms with Crippen molar-refractivity contribution in [1.29, 1.82) is 0 Å². The van der Waals surface area contributed by atoms with Gasteiger partial charge in [-0.15, -0.1) is 0 Å². The van der Waals surface area contributed by atoms with Crippen LogP contribution >= 0.6 is 0 Å². The molecule has 0 aromatic heterocycles. The third-order valence-corrected chi connectivity index (χ3v) is 5.10. The monoisotopic (exact) mass is 273 g/mol. The predicted octanol–water partition coefficient (Wildman–Crippen LogP) is 3.22. The molecule has 0 bridgehead atoms. The van der Waals surface area contributed by atoms with Gasteiger partial charge in [-0.2, -0.15) is 0 Å². The lowest BCUT2D eigenvalue weighted by atomic mass is 9.74. The zero-order valence-electron chi connectivity index (χ0n) is 12.0. The maximum atomic E-state index is 5.78. The van der Waals surface area contributed by atoms with Crippen LogP contribution in [0, 0.1) is 5.92 Å². The lowest BCUT2D eigenvalue weighted by molar-refractivity contribution is 0.170. The van der Waals surface area contributed by atoms with Gasteiger partial charge in [-0.1, -0.05) is 19.3 Å². The Labute approximate surface area is 120 Å². The molecule has 4 rings (SSSR count). The van der Waals surface area contributed by atoms with Crippen molar-refractivity contribution in [3.8, 4) is 11.5 Å². The van der Waals surface area contributed by atoms with Crippen LogP contribution in [0.2, 0.25) is 0 Å². The molecule has 3 aliphatic rings. The summed E-state index contributed by atoms with van der Waals surface area (Å²) >= 11 is 0. The molecule has 20 heavy (non-hydrogen) atoms. The minimum absolute atomic E-state index is 0.662. The van der Waals surface area contributed by atoms with Crippen LogP contribution in [0.3, 0.4) is 0 Å². The fraction of sp³-hybridized carbons (Fsp3) is 0.647.